The van der Waals surface area contributed by atoms with E-state index in [4.69, 9.17) is 65.4 Å². The number of likely N-dealkylation sites (N-methyl/N-ethyl adjacent to an activating group) is 2. The monoisotopic (exact) mass is 1160 g/mol. The lowest BCUT2D eigenvalue weighted by Gasteiger charge is -2.31. The summed E-state index contributed by atoms with van der Waals surface area (Å²) in [5, 5.41) is 13.1. The largest absolute Gasteiger partial charge is 0.378 e. The van der Waals surface area contributed by atoms with Crippen LogP contribution >= 0.6 is 46.4 Å². The first-order valence-corrected chi connectivity index (χ1v) is 29.2. The number of anilines is 2. The van der Waals surface area contributed by atoms with Crippen molar-refractivity contribution >= 4 is 89.9 Å². The van der Waals surface area contributed by atoms with E-state index in [0.29, 0.717) is 31.5 Å². The maximum Gasteiger partial charge on any atom is 0.319 e. The zero-order valence-electron chi connectivity index (χ0n) is 42.1. The summed E-state index contributed by atoms with van der Waals surface area (Å²) >= 11 is 25.8. The fraction of sp³-hybridized carbons (Fsp3) is 0.385. The first-order valence-electron chi connectivity index (χ1n) is 24.7. The van der Waals surface area contributed by atoms with Gasteiger partial charge < -0.3 is 50.0 Å². The first-order chi connectivity index (χ1) is 36.5. The number of nitrogens with one attached hydrogen (secondary N) is 8. The van der Waals surface area contributed by atoms with Crippen LogP contribution in [0.25, 0.3) is 0 Å². The summed E-state index contributed by atoms with van der Waals surface area (Å²) in [6.45, 7) is 5.34. The smallest absolute Gasteiger partial charge is 0.319 e. The molecule has 0 fully saturated rings. The van der Waals surface area contributed by atoms with Crippen molar-refractivity contribution in [1.82, 2.24) is 20.1 Å². The number of halogens is 4. The SMILES string of the molecule is C[NH+]1Cc2c(Cl)cc(Cl)cc2[C@H](c2cccc(S(=O)(=O)NCCOCCOCCNC(=O)Nc3ccc(NC(=O)NCCOCCOCCNS(=O)(=O)c4cccc([C@@H]5C[NH+](C)Cc6c(Cl)cc(Cl)cc65)c4)cc3)c2)C1. The summed E-state index contributed by atoms with van der Waals surface area (Å²) < 4.78 is 80.0. The van der Waals surface area contributed by atoms with Crippen LogP contribution in [0.2, 0.25) is 20.1 Å². The van der Waals surface area contributed by atoms with E-state index < -0.39 is 32.1 Å². The molecule has 410 valence electrons. The Labute approximate surface area is 464 Å². The predicted octanol–water partition coefficient (Wildman–Crippen LogP) is 4.89. The van der Waals surface area contributed by atoms with Crippen LogP contribution in [-0.2, 0) is 52.1 Å². The summed E-state index contributed by atoms with van der Waals surface area (Å²) in [5.74, 6) is -0.130. The van der Waals surface area contributed by atoms with E-state index in [9.17, 15) is 26.4 Å². The van der Waals surface area contributed by atoms with Gasteiger partial charge in [0.05, 0.1) is 112 Å². The average molecular weight is 1170 g/mol. The molecule has 5 aromatic carbocycles. The minimum Gasteiger partial charge on any atom is -0.378 e. The van der Waals surface area contributed by atoms with E-state index >= 15 is 0 Å². The zero-order chi connectivity index (χ0) is 54.2. The number of benzene rings is 5. The Balaban J connectivity index is 0.681. The van der Waals surface area contributed by atoms with Crippen molar-refractivity contribution in [3.05, 3.63) is 151 Å². The van der Waals surface area contributed by atoms with Crippen LogP contribution in [-0.4, -0.2) is 135 Å². The Bertz CT molecular complexity index is 2820. The van der Waals surface area contributed by atoms with Crippen LogP contribution < -0.4 is 40.5 Å². The van der Waals surface area contributed by atoms with Gasteiger partial charge in [0.25, 0.3) is 0 Å². The highest BCUT2D eigenvalue weighted by molar-refractivity contribution is 7.89. The second kappa shape index (κ2) is 28.3. The molecule has 2 aliphatic rings. The van der Waals surface area contributed by atoms with Gasteiger partial charge in [-0.15, -0.1) is 0 Å². The molecule has 18 nitrogen and oxygen atoms in total. The Morgan fingerprint density at radius 1 is 0.513 bits per heavy atom. The molecule has 0 spiro atoms. The standard InChI is InChI=1S/C52H62Cl4N8O10S2/c1-63-31-45(43-27-37(53)29-49(55)47(43)33-63)35-5-3-7-41(25-35)75(67,68)59-15-19-73-23-21-71-17-13-57-51(65)61-39-9-11-40(12-10-39)62-52(66)58-14-18-72-22-24-74-20-16-60-76(69,70)42-8-4-6-36(26-42)46-32-64(2)34-48-44(46)28-38(54)30-50(48)56/h3-12,25-30,45-46,59-60H,13-24,31-34H2,1-2H3,(H2,57,61,65)(H2,58,62,66)/p+2/t45-,46-/m0/s1. The summed E-state index contributed by atoms with van der Waals surface area (Å²) in [6.07, 6.45) is 0. The van der Waals surface area contributed by atoms with Crippen LogP contribution in [0.5, 0.6) is 0 Å². The van der Waals surface area contributed by atoms with Crippen molar-refractivity contribution in [3.63, 3.8) is 0 Å². The molecule has 2 unspecified atom stereocenters. The summed E-state index contributed by atoms with van der Waals surface area (Å²) in [6, 6.07) is 26.8. The summed E-state index contributed by atoms with van der Waals surface area (Å²) in [4.78, 5) is 27.6. The highest BCUT2D eigenvalue weighted by Crippen LogP contribution is 2.37. The number of ether oxygens (including phenoxy) is 4. The van der Waals surface area contributed by atoms with Gasteiger partial charge in [-0.3, -0.25) is 0 Å². The molecular formula is C52H64Cl4N8O10S2+2. The van der Waals surface area contributed by atoms with Gasteiger partial charge >= 0.3 is 12.1 Å². The second-order valence-electron chi connectivity index (χ2n) is 18.4. The topological polar surface area (TPSA) is 220 Å². The molecule has 0 bridgehead atoms. The number of fused-ring (bicyclic) bond motifs is 2. The van der Waals surface area contributed by atoms with E-state index in [1.165, 1.54) is 9.80 Å². The molecule has 8 N–H and O–H groups in total. The van der Waals surface area contributed by atoms with Gasteiger partial charge in [-0.25, -0.2) is 35.9 Å². The van der Waals surface area contributed by atoms with Crippen molar-refractivity contribution in [2.45, 2.75) is 34.7 Å². The molecular weight excluding hydrogens is 1100 g/mol. The number of rotatable bonds is 26. The lowest BCUT2D eigenvalue weighted by Crippen LogP contribution is -3.09. The number of carbonyl (C=O) groups excluding carboxylic acids is 2. The zero-order valence-corrected chi connectivity index (χ0v) is 46.8. The van der Waals surface area contributed by atoms with Gasteiger partial charge in [-0.05, 0) is 95.1 Å². The van der Waals surface area contributed by atoms with E-state index in [1.54, 1.807) is 72.8 Å². The summed E-state index contributed by atoms with van der Waals surface area (Å²) in [5.41, 5.74) is 6.81. The third-order valence-corrected chi connectivity index (χ3v) is 16.7. The number of quaternary nitrogens is 2. The van der Waals surface area contributed by atoms with Crippen molar-refractivity contribution in [1.29, 1.82) is 0 Å². The number of hydrogen-bond acceptors (Lipinski definition) is 10. The Morgan fingerprint density at radius 2 is 0.882 bits per heavy atom. The molecule has 2 aliphatic heterocycles. The lowest BCUT2D eigenvalue weighted by molar-refractivity contribution is -0.897. The van der Waals surface area contributed by atoms with Gasteiger partial charge in [0.15, 0.2) is 0 Å². The third-order valence-electron chi connectivity index (χ3n) is 12.6. The number of urea groups is 2. The highest BCUT2D eigenvalue weighted by atomic mass is 35.5. The second-order valence-corrected chi connectivity index (χ2v) is 23.6. The molecule has 0 saturated heterocycles. The van der Waals surface area contributed by atoms with E-state index in [-0.39, 0.29) is 101 Å². The quantitative estimate of drug-likeness (QED) is 0.0351. The molecule has 76 heavy (non-hydrogen) atoms. The van der Waals surface area contributed by atoms with Gasteiger partial charge in [0, 0.05) is 58.7 Å². The number of sulfonamides is 2. The minimum absolute atomic E-state index is 0.0649. The van der Waals surface area contributed by atoms with Crippen molar-refractivity contribution in [2.75, 3.05) is 117 Å². The minimum atomic E-state index is -3.80. The van der Waals surface area contributed by atoms with Crippen molar-refractivity contribution < 1.29 is 55.2 Å². The molecule has 24 heteroatoms. The van der Waals surface area contributed by atoms with Crippen LogP contribution in [0.1, 0.15) is 45.2 Å². The molecule has 2 heterocycles. The van der Waals surface area contributed by atoms with E-state index in [1.807, 2.05) is 24.3 Å². The number of hydrogen-bond donors (Lipinski definition) is 8. The van der Waals surface area contributed by atoms with Gasteiger partial charge in [-0.1, -0.05) is 70.7 Å². The van der Waals surface area contributed by atoms with Crippen LogP contribution in [0.15, 0.2) is 107 Å². The lowest BCUT2D eigenvalue weighted by atomic mass is 9.85. The van der Waals surface area contributed by atoms with E-state index in [2.05, 4.69) is 44.8 Å². The Hall–Kier alpha value is -4.62. The molecule has 0 aromatic heterocycles. The number of amides is 4. The Kier molecular flexibility index (Phi) is 22.0. The fourth-order valence-corrected chi connectivity index (χ4v) is 12.4. The summed E-state index contributed by atoms with van der Waals surface area (Å²) in [7, 11) is -3.44. The van der Waals surface area contributed by atoms with Gasteiger partial charge in [-0.2, -0.15) is 0 Å². The average Bonchev–Trinajstić information content (AvgIpc) is 3.38. The molecule has 0 aliphatic carbocycles. The maximum absolute atomic E-state index is 13.2. The van der Waals surface area contributed by atoms with Gasteiger partial charge in [0.1, 0.15) is 13.1 Å². The molecule has 0 saturated carbocycles. The molecule has 4 atom stereocenters. The number of carbonyl (C=O) groups is 2. The predicted molar refractivity (Wildman–Crippen MR) is 295 cm³/mol. The normalized spacial score (nSPS) is 17.3. The molecule has 7 rings (SSSR count). The maximum atomic E-state index is 13.2. The van der Waals surface area contributed by atoms with Crippen LogP contribution in [0.3, 0.4) is 0 Å². The van der Waals surface area contributed by atoms with Crippen LogP contribution in [0, 0.1) is 0 Å². The first kappa shape index (κ1) is 59.0. The van der Waals surface area contributed by atoms with Crippen molar-refractivity contribution in [2.24, 2.45) is 0 Å². The van der Waals surface area contributed by atoms with Crippen LogP contribution in [0.4, 0.5) is 21.0 Å². The van der Waals surface area contributed by atoms with Crippen molar-refractivity contribution in [3.8, 4) is 0 Å². The highest BCUT2D eigenvalue weighted by Gasteiger charge is 2.32. The molecule has 4 amide bonds. The Morgan fingerprint density at radius 3 is 1.26 bits per heavy atom. The van der Waals surface area contributed by atoms with Gasteiger partial charge in [0.2, 0.25) is 20.0 Å². The van der Waals surface area contributed by atoms with E-state index in [0.717, 1.165) is 59.6 Å². The molecule has 5 aromatic rings. The third kappa shape index (κ3) is 17.2. The molecule has 0 radical (unpaired) electrons. The fourth-order valence-electron chi connectivity index (χ4n) is 9.07.